The zero-order chi connectivity index (χ0) is 33.1. The van der Waals surface area contributed by atoms with Crippen molar-refractivity contribution in [2.24, 2.45) is 0 Å². The van der Waals surface area contributed by atoms with Gasteiger partial charge in [-0.15, -0.1) is 35.4 Å². The van der Waals surface area contributed by atoms with Gasteiger partial charge in [-0.3, -0.25) is 9.55 Å². The number of pyridine rings is 1. The number of aromatic hydroxyl groups is 1. The SMILES string of the molecule is Cc1cnc2c(-c3[c-]c(-c4cccc5c4nc(-c4cc(C(C)(C)C)ccc4O)n5-c4ccccc4)ccc3)cc(C(C)(C)C)cc2c1.[Pt]. The molecule has 0 saturated heterocycles. The molecule has 0 atom stereocenters. The maximum absolute atomic E-state index is 11.2. The van der Waals surface area contributed by atoms with Crippen molar-refractivity contribution in [2.45, 2.75) is 59.3 Å². The fourth-order valence-electron chi connectivity index (χ4n) is 6.30. The van der Waals surface area contributed by atoms with Gasteiger partial charge in [0.05, 0.1) is 16.6 Å². The summed E-state index contributed by atoms with van der Waals surface area (Å²) in [5, 5.41) is 12.4. The van der Waals surface area contributed by atoms with Crippen LogP contribution in [-0.2, 0) is 31.9 Å². The molecule has 0 amide bonds. The molecule has 244 valence electrons. The molecule has 0 unspecified atom stereocenters. The minimum absolute atomic E-state index is 0. The van der Waals surface area contributed by atoms with Gasteiger partial charge in [0.25, 0.3) is 0 Å². The van der Waals surface area contributed by atoms with Gasteiger partial charge in [0.15, 0.2) is 0 Å². The Kier molecular flexibility index (Phi) is 8.68. The first-order chi connectivity index (χ1) is 22.4. The number of fused-ring (bicyclic) bond motifs is 2. The number of hydrogen-bond acceptors (Lipinski definition) is 3. The molecule has 2 heterocycles. The Morgan fingerprint density at radius 1 is 0.646 bits per heavy atom. The van der Waals surface area contributed by atoms with Gasteiger partial charge in [-0.05, 0) is 76.2 Å². The largest absolute Gasteiger partial charge is 0.507 e. The van der Waals surface area contributed by atoms with Gasteiger partial charge in [0.1, 0.15) is 11.6 Å². The average Bonchev–Trinajstić information content (AvgIpc) is 3.43. The van der Waals surface area contributed by atoms with E-state index in [4.69, 9.17) is 9.97 Å². The van der Waals surface area contributed by atoms with E-state index < -0.39 is 0 Å². The van der Waals surface area contributed by atoms with Crippen LogP contribution < -0.4 is 0 Å². The van der Waals surface area contributed by atoms with Crippen LogP contribution in [0.4, 0.5) is 0 Å². The van der Waals surface area contributed by atoms with Crippen LogP contribution in [0.15, 0.2) is 109 Å². The van der Waals surface area contributed by atoms with E-state index in [2.05, 4.69) is 132 Å². The molecule has 0 saturated carbocycles. The van der Waals surface area contributed by atoms with Gasteiger partial charge in [0.2, 0.25) is 0 Å². The molecule has 0 spiro atoms. The first-order valence-corrected chi connectivity index (χ1v) is 16.2. The van der Waals surface area contributed by atoms with Crippen molar-refractivity contribution in [2.75, 3.05) is 0 Å². The molecule has 0 aliphatic heterocycles. The second kappa shape index (κ2) is 12.5. The Bertz CT molecular complexity index is 2290. The molecule has 0 radical (unpaired) electrons. The van der Waals surface area contributed by atoms with Crippen LogP contribution in [0.25, 0.3) is 61.3 Å². The molecule has 4 nitrogen and oxygen atoms in total. The third-order valence-corrected chi connectivity index (χ3v) is 8.96. The van der Waals surface area contributed by atoms with Crippen molar-refractivity contribution >= 4 is 21.9 Å². The summed E-state index contributed by atoms with van der Waals surface area (Å²) in [7, 11) is 0. The number of aryl methyl sites for hydroxylation is 1. The van der Waals surface area contributed by atoms with Gasteiger partial charge in [-0.25, -0.2) is 4.98 Å². The predicted molar refractivity (Wildman–Crippen MR) is 195 cm³/mol. The summed E-state index contributed by atoms with van der Waals surface area (Å²) in [6.07, 6.45) is 1.94. The van der Waals surface area contributed by atoms with Crippen molar-refractivity contribution in [3.05, 3.63) is 132 Å². The fraction of sp³-hybridized carbons (Fsp3) is 0.209. The van der Waals surface area contributed by atoms with Crippen molar-refractivity contribution in [1.82, 2.24) is 14.5 Å². The number of phenols is 1. The van der Waals surface area contributed by atoms with E-state index in [0.29, 0.717) is 11.4 Å². The second-order valence-corrected chi connectivity index (χ2v) is 14.6. The third kappa shape index (κ3) is 6.11. The molecule has 5 heteroatoms. The van der Waals surface area contributed by atoms with Gasteiger partial charge in [-0.1, -0.05) is 101 Å². The van der Waals surface area contributed by atoms with E-state index in [9.17, 15) is 5.11 Å². The zero-order valence-corrected chi connectivity index (χ0v) is 30.8. The molecule has 5 aromatic carbocycles. The van der Waals surface area contributed by atoms with Crippen LogP contribution in [-0.4, -0.2) is 19.6 Å². The summed E-state index contributed by atoms with van der Waals surface area (Å²) in [5.41, 5.74) is 11.9. The number of benzene rings is 5. The van der Waals surface area contributed by atoms with E-state index in [1.807, 2.05) is 30.5 Å². The van der Waals surface area contributed by atoms with Crippen LogP contribution in [0.2, 0.25) is 0 Å². The number of phenolic OH excluding ortho intramolecular Hbond substituents is 1. The maximum Gasteiger partial charge on any atom is 0.148 e. The van der Waals surface area contributed by atoms with Crippen LogP contribution in [0.5, 0.6) is 5.75 Å². The topological polar surface area (TPSA) is 50.9 Å². The van der Waals surface area contributed by atoms with Gasteiger partial charge >= 0.3 is 0 Å². The van der Waals surface area contributed by atoms with E-state index in [1.54, 1.807) is 6.07 Å². The minimum Gasteiger partial charge on any atom is -0.507 e. The number of imidazole rings is 1. The van der Waals surface area contributed by atoms with E-state index >= 15 is 0 Å². The first-order valence-electron chi connectivity index (χ1n) is 16.2. The van der Waals surface area contributed by atoms with Crippen molar-refractivity contribution < 1.29 is 26.2 Å². The Morgan fingerprint density at radius 3 is 2.02 bits per heavy atom. The molecule has 48 heavy (non-hydrogen) atoms. The van der Waals surface area contributed by atoms with Crippen LogP contribution in [0.3, 0.4) is 0 Å². The van der Waals surface area contributed by atoms with Crippen LogP contribution >= 0.6 is 0 Å². The Balaban J connectivity index is 0.00000401. The second-order valence-electron chi connectivity index (χ2n) is 14.6. The summed E-state index contributed by atoms with van der Waals surface area (Å²) in [5.74, 6) is 0.899. The molecule has 7 rings (SSSR count). The molecule has 0 bridgehead atoms. The first kappa shape index (κ1) is 33.4. The summed E-state index contributed by atoms with van der Waals surface area (Å²) in [6.45, 7) is 15.4. The Hall–Kier alpha value is -4.53. The molecule has 0 fully saturated rings. The quantitative estimate of drug-likeness (QED) is 0.180. The molecule has 2 aromatic heterocycles. The molecule has 1 N–H and O–H groups in total. The molecular weight excluding hydrogens is 770 g/mol. The zero-order valence-electron chi connectivity index (χ0n) is 28.5. The van der Waals surface area contributed by atoms with Crippen molar-refractivity contribution in [1.29, 1.82) is 0 Å². The normalized spacial score (nSPS) is 12.0. The third-order valence-electron chi connectivity index (χ3n) is 8.96. The van der Waals surface area contributed by atoms with Gasteiger partial charge in [0, 0.05) is 38.5 Å². The number of aromatic nitrogens is 3. The Morgan fingerprint density at radius 2 is 1.31 bits per heavy atom. The standard InChI is InChI=1S/C43H40N3O.Pt/c1-27-21-30-23-32(43(5,6)7)25-35(39(30)44-26-27)29-14-11-13-28(22-29)34-17-12-18-37-40(34)45-41(46(37)33-15-9-8-10-16-33)36-24-31(42(2,3)4)19-20-38(36)47;/h8-21,23-26,47H,1-7H3;/q-1;. The van der Waals surface area contributed by atoms with Gasteiger partial charge < -0.3 is 5.11 Å². The predicted octanol–water partition coefficient (Wildman–Crippen LogP) is 11.0. The number of para-hydroxylation sites is 2. The smallest absolute Gasteiger partial charge is 0.148 e. The minimum atomic E-state index is -0.0887. The fourth-order valence-corrected chi connectivity index (χ4v) is 6.30. The van der Waals surface area contributed by atoms with E-state index in [-0.39, 0.29) is 37.6 Å². The van der Waals surface area contributed by atoms with E-state index in [0.717, 1.165) is 61.0 Å². The van der Waals surface area contributed by atoms with Crippen LogP contribution in [0.1, 0.15) is 58.2 Å². The summed E-state index contributed by atoms with van der Waals surface area (Å²) < 4.78 is 2.15. The molecule has 0 aliphatic carbocycles. The Labute approximate surface area is 297 Å². The van der Waals surface area contributed by atoms with Crippen molar-refractivity contribution in [3.8, 4) is 45.1 Å². The summed E-state index contributed by atoms with van der Waals surface area (Å²) in [6, 6.07) is 39.2. The van der Waals surface area contributed by atoms with Crippen molar-refractivity contribution in [3.63, 3.8) is 0 Å². The molecular formula is C43H40N3OPt-. The average molecular weight is 810 g/mol. The summed E-state index contributed by atoms with van der Waals surface area (Å²) in [4.78, 5) is 10.2. The van der Waals surface area contributed by atoms with Gasteiger partial charge in [-0.2, -0.15) is 0 Å². The maximum atomic E-state index is 11.2. The van der Waals surface area contributed by atoms with Crippen LogP contribution in [0, 0.1) is 13.0 Å². The number of rotatable bonds is 4. The monoisotopic (exact) mass is 809 g/mol. The molecule has 0 aliphatic rings. The van der Waals surface area contributed by atoms with E-state index in [1.165, 1.54) is 5.56 Å². The summed E-state index contributed by atoms with van der Waals surface area (Å²) >= 11 is 0. The number of nitrogens with zero attached hydrogens (tertiary/aromatic N) is 3. The molecule has 7 aromatic rings. The number of hydrogen-bond donors (Lipinski definition) is 1.